The van der Waals surface area contributed by atoms with Gasteiger partial charge >= 0.3 is 0 Å². The Kier molecular flexibility index (Phi) is 4.71. The van der Waals surface area contributed by atoms with Crippen molar-refractivity contribution in [3.8, 4) is 0 Å². The van der Waals surface area contributed by atoms with Gasteiger partial charge in [0.1, 0.15) is 24.3 Å². The molecule has 0 aromatic heterocycles. The van der Waals surface area contributed by atoms with Gasteiger partial charge in [-0.05, 0) is 18.8 Å². The zero-order chi connectivity index (χ0) is 16.7. The van der Waals surface area contributed by atoms with Gasteiger partial charge in [0.2, 0.25) is 6.79 Å². The number of methoxy groups -OCH3 is 1. The topological polar surface area (TPSA) is 50.9 Å². The highest BCUT2D eigenvalue weighted by Crippen LogP contribution is 2.38. The Morgan fingerprint density at radius 3 is 2.88 bits per heavy atom. The van der Waals surface area contributed by atoms with E-state index in [-0.39, 0.29) is 12.2 Å². The van der Waals surface area contributed by atoms with Crippen molar-refractivity contribution >= 4 is 22.1 Å². The third-order valence-corrected chi connectivity index (χ3v) is 6.66. The maximum Gasteiger partial charge on any atom is 0.230 e. The fourth-order valence-corrected chi connectivity index (χ4v) is 4.92. The summed E-state index contributed by atoms with van der Waals surface area (Å²) in [6.07, 6.45) is 6.61. The molecule has 6 heteroatoms. The van der Waals surface area contributed by atoms with Gasteiger partial charge in [-0.25, -0.2) is 4.58 Å². The first-order valence-electron chi connectivity index (χ1n) is 8.78. The highest BCUT2D eigenvalue weighted by molar-refractivity contribution is 9.11. The van der Waals surface area contributed by atoms with Crippen molar-refractivity contribution in [2.24, 2.45) is 11.8 Å². The molecule has 0 aromatic rings. The van der Waals surface area contributed by atoms with E-state index in [4.69, 9.17) is 14.2 Å². The molecule has 2 aliphatic heterocycles. The SMILES string of the molecule is COC1CC2CC[N+](CC3=C(Br)CC4=C(C3)OCO4)=CC2CC1O. The highest BCUT2D eigenvalue weighted by Gasteiger charge is 2.40. The molecule has 0 bridgehead atoms. The van der Waals surface area contributed by atoms with E-state index >= 15 is 0 Å². The summed E-state index contributed by atoms with van der Waals surface area (Å²) in [6.45, 7) is 2.35. The van der Waals surface area contributed by atoms with Gasteiger partial charge in [0, 0.05) is 42.3 Å². The average Bonchev–Trinajstić information content (AvgIpc) is 3.01. The lowest BCUT2D eigenvalue weighted by Crippen LogP contribution is -2.45. The predicted octanol–water partition coefficient (Wildman–Crippen LogP) is 2.53. The number of allylic oxidation sites excluding steroid dienone is 2. The van der Waals surface area contributed by atoms with Gasteiger partial charge in [-0.3, -0.25) is 0 Å². The summed E-state index contributed by atoms with van der Waals surface area (Å²) in [5.41, 5.74) is 1.38. The molecule has 0 amide bonds. The number of hydrogen-bond acceptors (Lipinski definition) is 4. The van der Waals surface area contributed by atoms with E-state index in [1.165, 1.54) is 16.5 Å². The number of rotatable bonds is 3. The summed E-state index contributed by atoms with van der Waals surface area (Å²) in [5, 5.41) is 10.2. The molecular formula is C18H25BrNO4+. The minimum absolute atomic E-state index is 0.00581. The molecule has 132 valence electrons. The molecule has 0 aromatic carbocycles. The summed E-state index contributed by atoms with van der Waals surface area (Å²) in [6, 6.07) is 0. The Labute approximate surface area is 151 Å². The smallest absolute Gasteiger partial charge is 0.230 e. The second-order valence-electron chi connectivity index (χ2n) is 7.26. The summed E-state index contributed by atoms with van der Waals surface area (Å²) in [7, 11) is 1.71. The van der Waals surface area contributed by atoms with Crippen LogP contribution < -0.4 is 0 Å². The molecule has 4 unspecified atom stereocenters. The number of halogens is 1. The lowest BCUT2D eigenvalue weighted by Gasteiger charge is -2.37. The first-order chi connectivity index (χ1) is 11.6. The van der Waals surface area contributed by atoms with Crippen LogP contribution in [0.2, 0.25) is 0 Å². The van der Waals surface area contributed by atoms with Crippen LogP contribution in [0.1, 0.15) is 32.1 Å². The second kappa shape index (κ2) is 6.81. The van der Waals surface area contributed by atoms with Crippen molar-refractivity contribution in [1.82, 2.24) is 0 Å². The second-order valence-corrected chi connectivity index (χ2v) is 8.22. The number of ether oxygens (including phenoxy) is 3. The summed E-state index contributed by atoms with van der Waals surface area (Å²) >= 11 is 3.73. The van der Waals surface area contributed by atoms with Crippen LogP contribution in [0, 0.1) is 11.8 Å². The lowest BCUT2D eigenvalue weighted by molar-refractivity contribution is -0.525. The van der Waals surface area contributed by atoms with Crippen molar-refractivity contribution < 1.29 is 23.9 Å². The standard InChI is InChI=1S/C18H25BrNO4/c1-22-16-5-11-2-3-20(8-12(11)4-15(16)21)9-13-6-17-18(7-14(13)19)24-10-23-17/h8,11-12,15-16,21H,2-7,9-10H2,1H3/q+1. The zero-order valence-electron chi connectivity index (χ0n) is 14.0. The maximum atomic E-state index is 10.2. The number of hydrogen-bond donors (Lipinski definition) is 1. The van der Waals surface area contributed by atoms with E-state index in [0.717, 1.165) is 50.3 Å². The predicted molar refractivity (Wildman–Crippen MR) is 92.9 cm³/mol. The Morgan fingerprint density at radius 2 is 2.08 bits per heavy atom. The van der Waals surface area contributed by atoms with E-state index in [2.05, 4.69) is 26.7 Å². The third kappa shape index (κ3) is 3.16. The summed E-state index contributed by atoms with van der Waals surface area (Å²) in [4.78, 5) is 0. The van der Waals surface area contributed by atoms with Gasteiger partial charge in [-0.2, -0.15) is 0 Å². The summed E-state index contributed by atoms with van der Waals surface area (Å²) < 4.78 is 20.2. The van der Waals surface area contributed by atoms with Crippen molar-refractivity contribution in [3.63, 3.8) is 0 Å². The molecule has 2 heterocycles. The van der Waals surface area contributed by atoms with Crippen molar-refractivity contribution in [1.29, 1.82) is 0 Å². The van der Waals surface area contributed by atoms with Gasteiger partial charge < -0.3 is 19.3 Å². The van der Waals surface area contributed by atoms with Gasteiger partial charge in [0.05, 0.1) is 12.2 Å². The van der Waals surface area contributed by atoms with E-state index in [1.54, 1.807) is 7.11 Å². The molecule has 4 aliphatic rings. The molecule has 24 heavy (non-hydrogen) atoms. The lowest BCUT2D eigenvalue weighted by atomic mass is 9.74. The Hall–Kier alpha value is -0.850. The van der Waals surface area contributed by atoms with Gasteiger partial charge in [0.25, 0.3) is 0 Å². The highest BCUT2D eigenvalue weighted by atomic mass is 79.9. The van der Waals surface area contributed by atoms with Gasteiger partial charge in [-0.15, -0.1) is 0 Å². The fraction of sp³-hybridized carbons (Fsp3) is 0.722. The minimum atomic E-state index is -0.343. The molecule has 2 aliphatic carbocycles. The normalized spacial score (nSPS) is 35.9. The molecule has 1 saturated carbocycles. The van der Waals surface area contributed by atoms with Gasteiger partial charge in [-0.1, -0.05) is 15.9 Å². The zero-order valence-corrected chi connectivity index (χ0v) is 15.6. The van der Waals surface area contributed by atoms with Crippen LogP contribution in [0.25, 0.3) is 0 Å². The molecule has 0 saturated heterocycles. The quantitative estimate of drug-likeness (QED) is 0.742. The number of nitrogens with zero attached hydrogens (tertiary/aromatic N) is 1. The van der Waals surface area contributed by atoms with E-state index in [0.29, 0.717) is 18.6 Å². The molecule has 1 fully saturated rings. The number of aliphatic hydroxyl groups is 1. The molecule has 1 N–H and O–H groups in total. The third-order valence-electron chi connectivity index (χ3n) is 5.82. The fourth-order valence-electron chi connectivity index (χ4n) is 4.40. The van der Waals surface area contributed by atoms with E-state index in [9.17, 15) is 5.11 Å². The monoisotopic (exact) mass is 398 g/mol. The van der Waals surface area contributed by atoms with Crippen LogP contribution in [0.3, 0.4) is 0 Å². The van der Waals surface area contributed by atoms with Crippen LogP contribution in [-0.2, 0) is 14.2 Å². The van der Waals surface area contributed by atoms with Crippen LogP contribution in [0.4, 0.5) is 0 Å². The molecule has 4 atom stereocenters. The Morgan fingerprint density at radius 1 is 1.29 bits per heavy atom. The first-order valence-corrected chi connectivity index (χ1v) is 9.57. The van der Waals surface area contributed by atoms with Crippen molar-refractivity contribution in [2.45, 2.75) is 44.3 Å². The van der Waals surface area contributed by atoms with E-state index in [1.807, 2.05) is 0 Å². The number of fused-ring (bicyclic) bond motifs is 1. The van der Waals surface area contributed by atoms with Crippen LogP contribution in [-0.4, -0.2) is 55.1 Å². The Bertz CT molecular complexity index is 612. The molecule has 4 rings (SSSR count). The van der Waals surface area contributed by atoms with Crippen molar-refractivity contribution in [2.75, 3.05) is 27.0 Å². The summed E-state index contributed by atoms with van der Waals surface area (Å²) in [5.74, 6) is 3.08. The number of aliphatic hydroxyl groups excluding tert-OH is 1. The minimum Gasteiger partial charge on any atom is -0.458 e. The van der Waals surface area contributed by atoms with Crippen molar-refractivity contribution in [3.05, 3.63) is 21.6 Å². The molecule has 0 spiro atoms. The van der Waals surface area contributed by atoms with Gasteiger partial charge in [0.15, 0.2) is 6.54 Å². The van der Waals surface area contributed by atoms with Crippen LogP contribution >= 0.6 is 15.9 Å². The van der Waals surface area contributed by atoms with Crippen LogP contribution in [0.15, 0.2) is 21.6 Å². The molecular weight excluding hydrogens is 374 g/mol. The maximum absolute atomic E-state index is 10.2. The molecule has 0 radical (unpaired) electrons. The first kappa shape index (κ1) is 16.6. The molecule has 5 nitrogen and oxygen atoms in total. The average molecular weight is 399 g/mol. The Balaban J connectivity index is 1.44. The van der Waals surface area contributed by atoms with Crippen LogP contribution in [0.5, 0.6) is 0 Å². The van der Waals surface area contributed by atoms with E-state index < -0.39 is 0 Å². The largest absolute Gasteiger partial charge is 0.458 e.